The van der Waals surface area contributed by atoms with Crippen LogP contribution in [0.2, 0.25) is 10.0 Å². The minimum atomic E-state index is -0.850. The molecule has 4 amide bonds. The molecule has 6 rings (SSSR count). The Morgan fingerprint density at radius 3 is 2.34 bits per heavy atom. The fourth-order valence-corrected chi connectivity index (χ4v) is 7.21. The molecule has 3 atom stereocenters. The molecular weight excluding hydrogens is 635 g/mol. The van der Waals surface area contributed by atoms with Crippen LogP contribution in [0.4, 0.5) is 10.5 Å². The number of amides is 4. The van der Waals surface area contributed by atoms with Gasteiger partial charge in [0.15, 0.2) is 0 Å². The van der Waals surface area contributed by atoms with E-state index >= 15 is 0 Å². The first kappa shape index (κ1) is 32.9. The molecule has 4 aromatic rings. The van der Waals surface area contributed by atoms with Gasteiger partial charge in [-0.15, -0.1) is 0 Å². The van der Waals surface area contributed by atoms with Crippen LogP contribution in [-0.2, 0) is 11.2 Å². The van der Waals surface area contributed by atoms with Gasteiger partial charge in [-0.2, -0.15) is 0 Å². The molecule has 2 aliphatic rings. The Morgan fingerprint density at radius 1 is 0.936 bits per heavy atom. The van der Waals surface area contributed by atoms with Crippen molar-refractivity contribution in [3.63, 3.8) is 0 Å². The maximum Gasteiger partial charge on any atom is 0.318 e. The van der Waals surface area contributed by atoms with Crippen molar-refractivity contribution in [3.8, 4) is 0 Å². The summed E-state index contributed by atoms with van der Waals surface area (Å²) in [6.07, 6.45) is 2.74. The van der Waals surface area contributed by atoms with E-state index in [1.165, 1.54) is 0 Å². The van der Waals surface area contributed by atoms with Gasteiger partial charge in [0.05, 0.1) is 0 Å². The van der Waals surface area contributed by atoms with Crippen LogP contribution in [0, 0.1) is 5.92 Å². The van der Waals surface area contributed by atoms with E-state index in [1.807, 2.05) is 74.6 Å². The van der Waals surface area contributed by atoms with Gasteiger partial charge >= 0.3 is 6.03 Å². The van der Waals surface area contributed by atoms with Crippen LogP contribution in [-0.4, -0.2) is 96.9 Å². The van der Waals surface area contributed by atoms with Gasteiger partial charge in [0.1, 0.15) is 6.04 Å². The van der Waals surface area contributed by atoms with E-state index in [9.17, 15) is 14.4 Å². The number of para-hydroxylation sites is 1. The number of benzene rings is 3. The number of fused-ring (bicyclic) bond motifs is 2. The topological polar surface area (TPSA) is 92.0 Å². The predicted octanol–water partition coefficient (Wildman–Crippen LogP) is 5.88. The molecule has 3 aromatic carbocycles. The number of carbonyl (C=O) groups is 3. The van der Waals surface area contributed by atoms with E-state index in [0.29, 0.717) is 48.3 Å². The molecule has 11 heteroatoms. The highest BCUT2D eigenvalue weighted by Crippen LogP contribution is 2.35. The Morgan fingerprint density at radius 2 is 1.62 bits per heavy atom. The van der Waals surface area contributed by atoms with E-state index in [2.05, 4.69) is 15.2 Å². The standard InChI is InChI=1S/C36H40Cl2N6O3/c1-23(30-20-39-31-7-5-4-6-29(30)31)33(35(46)44-22-24(21-41(2)3)18-26-19-28(38)12-13-32(26)44)40-36(47)43-16-14-42(15-17-43)34(45)25-8-10-27(37)11-9-25/h4-13,19-20,23-24,33,39H,14-18,21-22H2,1-3H3,(H,40,47)/t23-,24-,33-/m1/s1. The van der Waals surface area contributed by atoms with Crippen molar-refractivity contribution in [2.45, 2.75) is 25.3 Å². The lowest BCUT2D eigenvalue weighted by atomic mass is 9.88. The normalized spacial score (nSPS) is 17.8. The highest BCUT2D eigenvalue weighted by molar-refractivity contribution is 6.31. The number of nitrogens with one attached hydrogen (secondary N) is 2. The molecule has 1 aromatic heterocycles. The Hall–Kier alpha value is -4.05. The average Bonchev–Trinajstić information content (AvgIpc) is 3.50. The molecule has 1 saturated heterocycles. The molecule has 2 aliphatic heterocycles. The quantitative estimate of drug-likeness (QED) is 0.256. The number of piperazine rings is 1. The van der Waals surface area contributed by atoms with E-state index in [0.717, 1.165) is 40.7 Å². The molecule has 0 radical (unpaired) electrons. The zero-order chi connectivity index (χ0) is 33.2. The van der Waals surface area contributed by atoms with Crippen LogP contribution in [0.3, 0.4) is 0 Å². The maximum atomic E-state index is 14.8. The zero-order valence-corrected chi connectivity index (χ0v) is 28.4. The van der Waals surface area contributed by atoms with Crippen LogP contribution in [0.25, 0.3) is 10.9 Å². The molecule has 0 unspecified atom stereocenters. The van der Waals surface area contributed by atoms with Gasteiger partial charge in [-0.3, -0.25) is 9.59 Å². The molecule has 0 aliphatic carbocycles. The van der Waals surface area contributed by atoms with Crippen molar-refractivity contribution >= 4 is 57.6 Å². The van der Waals surface area contributed by atoms with Crippen LogP contribution in [0.15, 0.2) is 72.9 Å². The lowest BCUT2D eigenvalue weighted by Gasteiger charge is -2.40. The number of anilines is 1. The zero-order valence-electron chi connectivity index (χ0n) is 26.9. The molecule has 246 valence electrons. The smallest absolute Gasteiger partial charge is 0.318 e. The molecular formula is C36H40Cl2N6O3. The third-order valence-electron chi connectivity index (χ3n) is 9.27. The summed E-state index contributed by atoms with van der Waals surface area (Å²) in [6, 6.07) is 19.3. The molecule has 47 heavy (non-hydrogen) atoms. The van der Waals surface area contributed by atoms with Gasteiger partial charge in [-0.25, -0.2) is 4.79 Å². The summed E-state index contributed by atoms with van der Waals surface area (Å²) in [5.74, 6) is -0.412. The van der Waals surface area contributed by atoms with Gasteiger partial charge in [-0.1, -0.05) is 48.3 Å². The second-order valence-corrected chi connectivity index (χ2v) is 13.7. The molecule has 2 N–H and O–H groups in total. The number of halogens is 2. The number of aromatic nitrogens is 1. The number of urea groups is 1. The second kappa shape index (κ2) is 14.0. The Balaban J connectivity index is 1.25. The average molecular weight is 676 g/mol. The minimum absolute atomic E-state index is 0.0983. The van der Waals surface area contributed by atoms with Crippen molar-refractivity contribution < 1.29 is 14.4 Å². The molecule has 3 heterocycles. The fraction of sp³-hybridized carbons (Fsp3) is 0.361. The maximum absolute atomic E-state index is 14.8. The summed E-state index contributed by atoms with van der Waals surface area (Å²) in [4.78, 5) is 52.5. The lowest BCUT2D eigenvalue weighted by Crippen LogP contribution is -2.59. The number of nitrogens with zero attached hydrogens (tertiary/aromatic N) is 4. The van der Waals surface area contributed by atoms with Crippen LogP contribution in [0.1, 0.15) is 34.3 Å². The fourth-order valence-electron chi connectivity index (χ4n) is 6.89. The molecule has 0 bridgehead atoms. The van der Waals surface area contributed by atoms with Gasteiger partial charge in [-0.05, 0) is 86.1 Å². The Labute approximate surface area is 285 Å². The van der Waals surface area contributed by atoms with Gasteiger partial charge in [0.25, 0.3) is 5.91 Å². The number of hydrogen-bond donors (Lipinski definition) is 2. The summed E-state index contributed by atoms with van der Waals surface area (Å²) in [5, 5.41) is 5.36. The lowest BCUT2D eigenvalue weighted by molar-refractivity contribution is -0.121. The number of aromatic amines is 1. The molecule has 0 spiro atoms. The number of carbonyl (C=O) groups excluding carboxylic acids is 3. The summed E-state index contributed by atoms with van der Waals surface area (Å²) in [7, 11) is 4.06. The van der Waals surface area contributed by atoms with Crippen LogP contribution >= 0.6 is 23.2 Å². The van der Waals surface area contributed by atoms with Crippen molar-refractivity contribution in [3.05, 3.63) is 99.7 Å². The number of rotatable bonds is 7. The van der Waals surface area contributed by atoms with Gasteiger partial charge in [0.2, 0.25) is 5.91 Å². The van der Waals surface area contributed by atoms with Gasteiger partial charge in [0, 0.05) is 83.6 Å². The summed E-state index contributed by atoms with van der Waals surface area (Å²) >= 11 is 12.4. The summed E-state index contributed by atoms with van der Waals surface area (Å²) < 4.78 is 0. The van der Waals surface area contributed by atoms with Crippen molar-refractivity contribution in [2.24, 2.45) is 5.92 Å². The van der Waals surface area contributed by atoms with Crippen LogP contribution in [0.5, 0.6) is 0 Å². The SMILES string of the molecule is C[C@H](c1c[nH]c2ccccc12)[C@@H](NC(=O)N1CCN(C(=O)c2ccc(Cl)cc2)CC1)C(=O)N1C[C@@H](CN(C)C)Cc2cc(Cl)ccc21. The minimum Gasteiger partial charge on any atom is -0.361 e. The van der Waals surface area contributed by atoms with Crippen molar-refractivity contribution in [2.75, 3.05) is 58.3 Å². The van der Waals surface area contributed by atoms with E-state index < -0.39 is 6.04 Å². The third kappa shape index (κ3) is 7.12. The van der Waals surface area contributed by atoms with Gasteiger partial charge < -0.3 is 29.9 Å². The summed E-state index contributed by atoms with van der Waals surface area (Å²) in [6.45, 7) is 4.81. The van der Waals surface area contributed by atoms with E-state index in [1.54, 1.807) is 34.1 Å². The molecule has 9 nitrogen and oxygen atoms in total. The van der Waals surface area contributed by atoms with Crippen molar-refractivity contribution in [1.82, 2.24) is 25.0 Å². The first-order chi connectivity index (χ1) is 22.6. The first-order valence-corrected chi connectivity index (χ1v) is 16.8. The predicted molar refractivity (Wildman–Crippen MR) is 188 cm³/mol. The molecule has 1 fully saturated rings. The first-order valence-electron chi connectivity index (χ1n) is 16.0. The number of hydrogen-bond acceptors (Lipinski definition) is 4. The van der Waals surface area contributed by atoms with Crippen LogP contribution < -0.4 is 10.2 Å². The highest BCUT2D eigenvalue weighted by atomic mass is 35.5. The Bertz CT molecular complexity index is 1770. The van der Waals surface area contributed by atoms with Crippen molar-refractivity contribution in [1.29, 1.82) is 0 Å². The second-order valence-electron chi connectivity index (χ2n) is 12.8. The monoisotopic (exact) mass is 674 g/mol. The third-order valence-corrected chi connectivity index (χ3v) is 9.76. The number of H-pyrrole nitrogens is 1. The summed E-state index contributed by atoms with van der Waals surface area (Å²) in [5.41, 5.74) is 4.33. The Kier molecular flexibility index (Phi) is 9.77. The largest absolute Gasteiger partial charge is 0.361 e. The van der Waals surface area contributed by atoms with E-state index in [4.69, 9.17) is 23.2 Å². The van der Waals surface area contributed by atoms with E-state index in [-0.39, 0.29) is 29.7 Å². The molecule has 0 saturated carbocycles. The highest BCUT2D eigenvalue weighted by Gasteiger charge is 2.38.